The third-order valence-corrected chi connectivity index (χ3v) is 2.84. The number of anilines is 1. The molecule has 4 nitrogen and oxygen atoms in total. The van der Waals surface area contributed by atoms with Gasteiger partial charge in [-0.25, -0.2) is 0 Å². The van der Waals surface area contributed by atoms with Gasteiger partial charge < -0.3 is 9.88 Å². The van der Waals surface area contributed by atoms with Crippen LogP contribution in [0.15, 0.2) is 36.7 Å². The summed E-state index contributed by atoms with van der Waals surface area (Å²) >= 11 is 0. The van der Waals surface area contributed by atoms with Crippen molar-refractivity contribution in [2.75, 3.05) is 5.32 Å². The van der Waals surface area contributed by atoms with Crippen molar-refractivity contribution in [1.29, 1.82) is 0 Å². The first-order valence-corrected chi connectivity index (χ1v) is 5.98. The van der Waals surface area contributed by atoms with Gasteiger partial charge >= 0.3 is 0 Å². The maximum absolute atomic E-state index is 11.8. The summed E-state index contributed by atoms with van der Waals surface area (Å²) in [5.41, 5.74) is 2.87. The summed E-state index contributed by atoms with van der Waals surface area (Å²) in [4.78, 5) is 15.9. The second kappa shape index (κ2) is 5.49. The van der Waals surface area contributed by atoms with Gasteiger partial charge in [0.05, 0.1) is 0 Å². The smallest absolute Gasteiger partial charge is 0.224 e. The summed E-state index contributed by atoms with van der Waals surface area (Å²) in [6, 6.07) is 7.68. The third kappa shape index (κ3) is 3.20. The molecule has 0 unspecified atom stereocenters. The molecule has 94 valence electrons. The number of hydrogen-bond donors (Lipinski definition) is 1. The Morgan fingerprint density at radius 3 is 2.94 bits per heavy atom. The lowest BCUT2D eigenvalue weighted by Crippen LogP contribution is -2.13. The standard InChI is InChI=1S/C14H17N3O/c1-11-10-12(7-8-15-11)16-14(18)6-5-13-4-3-9-17(13)2/h3-4,7-10H,5-6H2,1-2H3,(H,15,16,18). The fourth-order valence-corrected chi connectivity index (χ4v) is 1.84. The highest BCUT2D eigenvalue weighted by atomic mass is 16.1. The summed E-state index contributed by atoms with van der Waals surface area (Å²) in [5, 5.41) is 2.88. The van der Waals surface area contributed by atoms with E-state index in [-0.39, 0.29) is 5.91 Å². The van der Waals surface area contributed by atoms with Crippen LogP contribution >= 0.6 is 0 Å². The second-order valence-electron chi connectivity index (χ2n) is 4.34. The molecule has 0 spiro atoms. The molecule has 2 rings (SSSR count). The van der Waals surface area contributed by atoms with E-state index in [2.05, 4.69) is 10.3 Å². The van der Waals surface area contributed by atoms with Crippen molar-refractivity contribution < 1.29 is 4.79 Å². The van der Waals surface area contributed by atoms with E-state index < -0.39 is 0 Å². The number of hydrogen-bond acceptors (Lipinski definition) is 2. The molecule has 0 fully saturated rings. The van der Waals surface area contributed by atoms with Crippen LogP contribution in [0.25, 0.3) is 0 Å². The molecule has 0 saturated heterocycles. The average molecular weight is 243 g/mol. The topological polar surface area (TPSA) is 46.9 Å². The Balaban J connectivity index is 1.88. The van der Waals surface area contributed by atoms with Crippen molar-refractivity contribution in [2.24, 2.45) is 7.05 Å². The van der Waals surface area contributed by atoms with E-state index in [4.69, 9.17) is 0 Å². The monoisotopic (exact) mass is 243 g/mol. The first-order chi connectivity index (χ1) is 8.65. The molecule has 0 atom stereocenters. The zero-order chi connectivity index (χ0) is 13.0. The maximum Gasteiger partial charge on any atom is 0.224 e. The van der Waals surface area contributed by atoms with Gasteiger partial charge in [-0.2, -0.15) is 0 Å². The molecule has 0 aromatic carbocycles. The number of rotatable bonds is 4. The first-order valence-electron chi connectivity index (χ1n) is 5.98. The fraction of sp³-hybridized carbons (Fsp3) is 0.286. The van der Waals surface area contributed by atoms with Crippen LogP contribution in [0.1, 0.15) is 17.8 Å². The van der Waals surface area contributed by atoms with Crippen molar-refractivity contribution in [3.63, 3.8) is 0 Å². The van der Waals surface area contributed by atoms with Crippen molar-refractivity contribution in [2.45, 2.75) is 19.8 Å². The molecule has 0 saturated carbocycles. The summed E-state index contributed by atoms with van der Waals surface area (Å²) in [7, 11) is 1.99. The van der Waals surface area contributed by atoms with E-state index >= 15 is 0 Å². The number of carbonyl (C=O) groups excluding carboxylic acids is 1. The highest BCUT2D eigenvalue weighted by Gasteiger charge is 2.05. The molecule has 0 aliphatic heterocycles. The predicted octanol–water partition coefficient (Wildman–Crippen LogP) is 2.30. The molecule has 1 amide bonds. The van der Waals surface area contributed by atoms with Crippen LogP contribution in [-0.4, -0.2) is 15.5 Å². The van der Waals surface area contributed by atoms with Gasteiger partial charge in [-0.05, 0) is 37.6 Å². The Morgan fingerprint density at radius 1 is 1.44 bits per heavy atom. The van der Waals surface area contributed by atoms with Crippen LogP contribution in [0.2, 0.25) is 0 Å². The highest BCUT2D eigenvalue weighted by molar-refractivity contribution is 5.90. The van der Waals surface area contributed by atoms with E-state index in [0.29, 0.717) is 6.42 Å². The Kier molecular flexibility index (Phi) is 3.77. The van der Waals surface area contributed by atoms with Crippen LogP contribution in [-0.2, 0) is 18.3 Å². The maximum atomic E-state index is 11.8. The van der Waals surface area contributed by atoms with Gasteiger partial charge in [-0.15, -0.1) is 0 Å². The molecule has 4 heteroatoms. The SMILES string of the molecule is Cc1cc(NC(=O)CCc2cccn2C)ccn1. The molecular weight excluding hydrogens is 226 g/mol. The summed E-state index contributed by atoms with van der Waals surface area (Å²) in [6.07, 6.45) is 4.92. The van der Waals surface area contributed by atoms with Gasteiger partial charge in [0, 0.05) is 42.9 Å². The van der Waals surface area contributed by atoms with E-state index in [0.717, 1.165) is 23.5 Å². The average Bonchev–Trinajstić information content (AvgIpc) is 2.72. The number of nitrogens with zero attached hydrogens (tertiary/aromatic N) is 2. The van der Waals surface area contributed by atoms with Crippen LogP contribution in [0.3, 0.4) is 0 Å². The van der Waals surface area contributed by atoms with E-state index in [9.17, 15) is 4.79 Å². The number of nitrogens with one attached hydrogen (secondary N) is 1. The normalized spacial score (nSPS) is 10.3. The molecule has 0 bridgehead atoms. The molecule has 1 N–H and O–H groups in total. The number of pyridine rings is 1. The molecule has 0 aliphatic carbocycles. The van der Waals surface area contributed by atoms with Crippen molar-refractivity contribution in [1.82, 2.24) is 9.55 Å². The Hall–Kier alpha value is -2.10. The zero-order valence-corrected chi connectivity index (χ0v) is 10.7. The van der Waals surface area contributed by atoms with E-state index in [1.165, 1.54) is 0 Å². The second-order valence-corrected chi connectivity index (χ2v) is 4.34. The first kappa shape index (κ1) is 12.4. The Labute approximate surface area is 107 Å². The lowest BCUT2D eigenvalue weighted by molar-refractivity contribution is -0.116. The van der Waals surface area contributed by atoms with E-state index in [1.807, 2.05) is 42.9 Å². The van der Waals surface area contributed by atoms with Gasteiger partial charge in [0.15, 0.2) is 0 Å². The van der Waals surface area contributed by atoms with Crippen molar-refractivity contribution in [3.8, 4) is 0 Å². The Bertz CT molecular complexity index is 545. The van der Waals surface area contributed by atoms with Crippen LogP contribution < -0.4 is 5.32 Å². The fourth-order valence-electron chi connectivity index (χ4n) is 1.84. The quantitative estimate of drug-likeness (QED) is 0.895. The van der Waals surface area contributed by atoms with Gasteiger partial charge in [-0.1, -0.05) is 0 Å². The van der Waals surface area contributed by atoms with Gasteiger partial charge in [0.1, 0.15) is 0 Å². The van der Waals surface area contributed by atoms with E-state index in [1.54, 1.807) is 12.3 Å². The largest absolute Gasteiger partial charge is 0.354 e. The van der Waals surface area contributed by atoms with Gasteiger partial charge in [-0.3, -0.25) is 9.78 Å². The lowest BCUT2D eigenvalue weighted by atomic mass is 10.2. The van der Waals surface area contributed by atoms with Gasteiger partial charge in [0.2, 0.25) is 5.91 Å². The minimum atomic E-state index is 0.0294. The van der Waals surface area contributed by atoms with Crippen LogP contribution in [0.5, 0.6) is 0 Å². The van der Waals surface area contributed by atoms with Crippen molar-refractivity contribution in [3.05, 3.63) is 48.0 Å². The molecule has 2 heterocycles. The number of aryl methyl sites for hydroxylation is 3. The number of aromatic nitrogens is 2. The predicted molar refractivity (Wildman–Crippen MR) is 71.3 cm³/mol. The lowest BCUT2D eigenvalue weighted by Gasteiger charge is -2.06. The van der Waals surface area contributed by atoms with Crippen molar-refractivity contribution >= 4 is 11.6 Å². The highest BCUT2D eigenvalue weighted by Crippen LogP contribution is 2.09. The summed E-state index contributed by atoms with van der Waals surface area (Å²) in [5.74, 6) is 0.0294. The third-order valence-electron chi connectivity index (χ3n) is 2.84. The Morgan fingerprint density at radius 2 is 2.28 bits per heavy atom. The molecular formula is C14H17N3O. The zero-order valence-electron chi connectivity index (χ0n) is 10.7. The van der Waals surface area contributed by atoms with Crippen LogP contribution in [0, 0.1) is 6.92 Å². The van der Waals surface area contributed by atoms with Gasteiger partial charge in [0.25, 0.3) is 0 Å². The summed E-state index contributed by atoms with van der Waals surface area (Å²) in [6.45, 7) is 1.90. The molecule has 2 aromatic heterocycles. The van der Waals surface area contributed by atoms with Crippen LogP contribution in [0.4, 0.5) is 5.69 Å². The molecule has 0 radical (unpaired) electrons. The molecule has 2 aromatic rings. The minimum Gasteiger partial charge on any atom is -0.354 e. The molecule has 0 aliphatic rings. The summed E-state index contributed by atoms with van der Waals surface area (Å²) < 4.78 is 2.03. The number of carbonyl (C=O) groups is 1. The minimum absolute atomic E-state index is 0.0294. The number of amides is 1. The molecule has 18 heavy (non-hydrogen) atoms.